The van der Waals surface area contributed by atoms with Gasteiger partial charge in [-0.1, -0.05) is 12.1 Å². The van der Waals surface area contributed by atoms with E-state index in [0.717, 1.165) is 30.8 Å². The number of benzene rings is 1. The van der Waals surface area contributed by atoms with Crippen molar-refractivity contribution in [2.24, 2.45) is 5.92 Å². The fraction of sp³-hybridized carbons (Fsp3) is 0.611. The fourth-order valence-corrected chi connectivity index (χ4v) is 2.78. The van der Waals surface area contributed by atoms with Crippen LogP contribution in [0.1, 0.15) is 31.2 Å². The van der Waals surface area contributed by atoms with Crippen LogP contribution in [0.15, 0.2) is 24.3 Å². The number of piperidine rings is 1. The molecule has 1 aromatic carbocycles. The van der Waals surface area contributed by atoms with Crippen LogP contribution >= 0.6 is 12.4 Å². The highest BCUT2D eigenvalue weighted by Crippen LogP contribution is 2.17. The topological polar surface area (TPSA) is 59.6 Å². The Hall–Kier alpha value is -1.30. The zero-order chi connectivity index (χ0) is 16.3. The standard InChI is InChI=1S/C18H28N2O3.ClH/c1-22-11-12-23-17-4-2-3-16(13-17)14-20-18(21)6-5-15-7-9-19-10-8-15;/h2-4,13,15,19H,5-12,14H2,1H3,(H,20,21);1H. The van der Waals surface area contributed by atoms with Gasteiger partial charge in [-0.05, 0) is 56.0 Å². The lowest BCUT2D eigenvalue weighted by molar-refractivity contribution is -0.121. The molecule has 1 aliphatic rings. The van der Waals surface area contributed by atoms with Crippen LogP contribution in [-0.2, 0) is 16.1 Å². The molecule has 0 atom stereocenters. The van der Waals surface area contributed by atoms with Crippen LogP contribution in [0.25, 0.3) is 0 Å². The zero-order valence-electron chi connectivity index (χ0n) is 14.4. The number of hydrogen-bond donors (Lipinski definition) is 2. The Kier molecular flexibility index (Phi) is 10.5. The van der Waals surface area contributed by atoms with Gasteiger partial charge in [0.25, 0.3) is 0 Å². The molecule has 2 rings (SSSR count). The number of methoxy groups -OCH3 is 1. The SMILES string of the molecule is COCCOc1cccc(CNC(=O)CCC2CCNCC2)c1.Cl. The number of hydrogen-bond acceptors (Lipinski definition) is 4. The van der Waals surface area contributed by atoms with Gasteiger partial charge in [-0.25, -0.2) is 0 Å². The summed E-state index contributed by atoms with van der Waals surface area (Å²) in [6.45, 7) is 3.82. The molecule has 1 fully saturated rings. The van der Waals surface area contributed by atoms with Crippen molar-refractivity contribution in [3.05, 3.63) is 29.8 Å². The molecule has 1 aromatic rings. The summed E-state index contributed by atoms with van der Waals surface area (Å²) in [7, 11) is 1.65. The van der Waals surface area contributed by atoms with E-state index in [9.17, 15) is 4.79 Å². The quantitative estimate of drug-likeness (QED) is 0.667. The van der Waals surface area contributed by atoms with Gasteiger partial charge in [0, 0.05) is 20.1 Å². The van der Waals surface area contributed by atoms with Crippen molar-refractivity contribution < 1.29 is 14.3 Å². The number of ether oxygens (including phenoxy) is 2. The second kappa shape index (κ2) is 12.1. The molecule has 0 aliphatic carbocycles. The molecule has 1 aliphatic heterocycles. The summed E-state index contributed by atoms with van der Waals surface area (Å²) < 4.78 is 10.5. The Morgan fingerprint density at radius 2 is 2.08 bits per heavy atom. The molecule has 1 heterocycles. The van der Waals surface area contributed by atoms with Crippen molar-refractivity contribution in [2.75, 3.05) is 33.4 Å². The summed E-state index contributed by atoms with van der Waals surface area (Å²) in [5.41, 5.74) is 1.05. The summed E-state index contributed by atoms with van der Waals surface area (Å²) in [6, 6.07) is 7.82. The highest BCUT2D eigenvalue weighted by molar-refractivity contribution is 5.85. The molecule has 0 aromatic heterocycles. The molecular weight excluding hydrogens is 328 g/mol. The summed E-state index contributed by atoms with van der Waals surface area (Å²) in [5.74, 6) is 1.64. The molecule has 0 saturated carbocycles. The normalized spacial score (nSPS) is 14.7. The molecule has 1 amide bonds. The third kappa shape index (κ3) is 7.99. The minimum atomic E-state index is 0. The molecule has 0 bridgehead atoms. The van der Waals surface area contributed by atoms with E-state index in [1.165, 1.54) is 12.8 Å². The summed E-state index contributed by atoms with van der Waals surface area (Å²) in [6.07, 6.45) is 3.99. The van der Waals surface area contributed by atoms with E-state index < -0.39 is 0 Å². The van der Waals surface area contributed by atoms with E-state index in [1.54, 1.807) is 7.11 Å². The third-order valence-electron chi connectivity index (χ3n) is 4.18. The van der Waals surface area contributed by atoms with Crippen molar-refractivity contribution in [1.82, 2.24) is 10.6 Å². The second-order valence-corrected chi connectivity index (χ2v) is 6.00. The van der Waals surface area contributed by atoms with Crippen molar-refractivity contribution >= 4 is 18.3 Å². The van der Waals surface area contributed by atoms with Crippen LogP contribution in [0.2, 0.25) is 0 Å². The first kappa shape index (κ1) is 20.7. The number of carbonyl (C=O) groups is 1. The van der Waals surface area contributed by atoms with Crippen LogP contribution in [0.3, 0.4) is 0 Å². The molecular formula is C18H29ClN2O3. The van der Waals surface area contributed by atoms with E-state index in [1.807, 2.05) is 24.3 Å². The predicted molar refractivity (Wildman–Crippen MR) is 97.7 cm³/mol. The molecule has 136 valence electrons. The van der Waals surface area contributed by atoms with Crippen LogP contribution < -0.4 is 15.4 Å². The van der Waals surface area contributed by atoms with Crippen LogP contribution in [-0.4, -0.2) is 39.3 Å². The maximum Gasteiger partial charge on any atom is 0.220 e. The van der Waals surface area contributed by atoms with Gasteiger partial charge in [0.15, 0.2) is 0 Å². The van der Waals surface area contributed by atoms with Crippen molar-refractivity contribution in [3.63, 3.8) is 0 Å². The first-order valence-electron chi connectivity index (χ1n) is 8.46. The Balaban J connectivity index is 0.00000288. The largest absolute Gasteiger partial charge is 0.491 e. The Bertz CT molecular complexity index is 479. The van der Waals surface area contributed by atoms with E-state index in [4.69, 9.17) is 9.47 Å². The van der Waals surface area contributed by atoms with Crippen LogP contribution in [0.5, 0.6) is 5.75 Å². The Morgan fingerprint density at radius 1 is 1.29 bits per heavy atom. The van der Waals surface area contributed by atoms with Crippen molar-refractivity contribution in [1.29, 1.82) is 0 Å². The molecule has 0 spiro atoms. The molecule has 5 nitrogen and oxygen atoms in total. The number of halogens is 1. The third-order valence-corrected chi connectivity index (χ3v) is 4.18. The lowest BCUT2D eigenvalue weighted by Gasteiger charge is -2.22. The van der Waals surface area contributed by atoms with E-state index in [0.29, 0.717) is 32.1 Å². The first-order valence-corrected chi connectivity index (χ1v) is 8.46. The molecule has 24 heavy (non-hydrogen) atoms. The molecule has 2 N–H and O–H groups in total. The molecule has 6 heteroatoms. The minimum absolute atomic E-state index is 0. The lowest BCUT2D eigenvalue weighted by atomic mass is 9.93. The maximum absolute atomic E-state index is 12.0. The van der Waals surface area contributed by atoms with Gasteiger partial charge in [0.1, 0.15) is 12.4 Å². The Labute approximate surface area is 150 Å². The average Bonchev–Trinajstić information content (AvgIpc) is 2.60. The van der Waals surface area contributed by atoms with Crippen molar-refractivity contribution in [2.45, 2.75) is 32.2 Å². The van der Waals surface area contributed by atoms with Crippen molar-refractivity contribution in [3.8, 4) is 5.75 Å². The number of nitrogens with one attached hydrogen (secondary N) is 2. The van der Waals surface area contributed by atoms with E-state index >= 15 is 0 Å². The van der Waals surface area contributed by atoms with E-state index in [-0.39, 0.29) is 18.3 Å². The fourth-order valence-electron chi connectivity index (χ4n) is 2.78. The smallest absolute Gasteiger partial charge is 0.220 e. The highest BCUT2D eigenvalue weighted by atomic mass is 35.5. The van der Waals surface area contributed by atoms with Gasteiger partial charge in [-0.2, -0.15) is 0 Å². The van der Waals surface area contributed by atoms with Gasteiger partial charge < -0.3 is 20.1 Å². The number of carbonyl (C=O) groups excluding carboxylic acids is 1. The molecule has 0 radical (unpaired) electrons. The lowest BCUT2D eigenvalue weighted by Crippen LogP contribution is -2.29. The van der Waals surface area contributed by atoms with Crippen LogP contribution in [0, 0.1) is 5.92 Å². The van der Waals surface area contributed by atoms with Crippen LogP contribution in [0.4, 0.5) is 0 Å². The summed E-state index contributed by atoms with van der Waals surface area (Å²) in [5, 5.41) is 6.35. The second-order valence-electron chi connectivity index (χ2n) is 6.00. The number of rotatable bonds is 9. The van der Waals surface area contributed by atoms with E-state index in [2.05, 4.69) is 10.6 Å². The monoisotopic (exact) mass is 356 g/mol. The zero-order valence-corrected chi connectivity index (χ0v) is 15.2. The van der Waals surface area contributed by atoms with Gasteiger partial charge in [-0.15, -0.1) is 12.4 Å². The molecule has 1 saturated heterocycles. The molecule has 0 unspecified atom stereocenters. The summed E-state index contributed by atoms with van der Waals surface area (Å²) in [4.78, 5) is 12.0. The van der Waals surface area contributed by atoms with Gasteiger partial charge in [0.2, 0.25) is 5.91 Å². The average molecular weight is 357 g/mol. The maximum atomic E-state index is 12.0. The predicted octanol–water partition coefficient (Wildman–Crippen LogP) is 2.53. The van der Waals surface area contributed by atoms with Gasteiger partial charge in [-0.3, -0.25) is 4.79 Å². The highest BCUT2D eigenvalue weighted by Gasteiger charge is 2.14. The number of amides is 1. The first-order chi connectivity index (χ1) is 11.3. The minimum Gasteiger partial charge on any atom is -0.491 e. The van der Waals surface area contributed by atoms with Gasteiger partial charge in [0.05, 0.1) is 6.61 Å². The Morgan fingerprint density at radius 3 is 2.83 bits per heavy atom. The summed E-state index contributed by atoms with van der Waals surface area (Å²) >= 11 is 0. The van der Waals surface area contributed by atoms with Gasteiger partial charge >= 0.3 is 0 Å².